The topological polar surface area (TPSA) is 76.5 Å². The molecule has 1 saturated heterocycles. The molecule has 0 spiro atoms. The summed E-state index contributed by atoms with van der Waals surface area (Å²) in [7, 11) is 3.43. The number of hydrazine groups is 1. The van der Waals surface area contributed by atoms with Crippen molar-refractivity contribution >= 4 is 57.2 Å². The molecule has 2 aromatic carbocycles. The van der Waals surface area contributed by atoms with Crippen molar-refractivity contribution in [3.05, 3.63) is 64.8 Å². The molecule has 0 atom stereocenters. The molecule has 146 valence electrons. The van der Waals surface area contributed by atoms with Gasteiger partial charge in [0, 0.05) is 18.7 Å². The summed E-state index contributed by atoms with van der Waals surface area (Å²) in [6.45, 7) is 0. The van der Waals surface area contributed by atoms with E-state index in [0.717, 1.165) is 27.8 Å². The highest BCUT2D eigenvalue weighted by Crippen LogP contribution is 2.31. The van der Waals surface area contributed by atoms with Crippen molar-refractivity contribution in [3.8, 4) is 5.75 Å². The molecule has 0 unspecified atom stereocenters. The van der Waals surface area contributed by atoms with E-state index in [1.165, 1.54) is 0 Å². The Hall–Kier alpha value is -3.17. The van der Waals surface area contributed by atoms with E-state index < -0.39 is 11.8 Å². The van der Waals surface area contributed by atoms with Gasteiger partial charge in [-0.1, -0.05) is 23.9 Å². The Labute approximate surface area is 176 Å². The van der Waals surface area contributed by atoms with Gasteiger partial charge in [0.2, 0.25) is 0 Å². The average molecular weight is 425 g/mol. The van der Waals surface area contributed by atoms with Crippen LogP contribution in [0, 0.1) is 0 Å². The van der Waals surface area contributed by atoms with Crippen molar-refractivity contribution in [2.75, 3.05) is 7.11 Å². The van der Waals surface area contributed by atoms with Crippen molar-refractivity contribution in [2.24, 2.45) is 7.05 Å². The van der Waals surface area contributed by atoms with Crippen molar-refractivity contribution in [1.82, 2.24) is 20.0 Å². The van der Waals surface area contributed by atoms with Crippen LogP contribution in [0.1, 0.15) is 16.2 Å². The van der Waals surface area contributed by atoms with Crippen LogP contribution < -0.4 is 10.2 Å². The molecule has 7 nitrogen and oxygen atoms in total. The van der Waals surface area contributed by atoms with E-state index in [1.54, 1.807) is 37.5 Å². The molecule has 9 heteroatoms. The maximum absolute atomic E-state index is 12.8. The van der Waals surface area contributed by atoms with Gasteiger partial charge in [-0.3, -0.25) is 15.0 Å². The molecule has 29 heavy (non-hydrogen) atoms. The number of nitrogens with one attached hydrogen (secondary N) is 1. The third-order valence-corrected chi connectivity index (χ3v) is 5.74. The Balaban J connectivity index is 1.55. The Morgan fingerprint density at radius 3 is 2.62 bits per heavy atom. The van der Waals surface area contributed by atoms with E-state index in [4.69, 9.17) is 17.0 Å². The molecule has 0 radical (unpaired) electrons. The Bertz CT molecular complexity index is 1170. The number of benzene rings is 2. The van der Waals surface area contributed by atoms with Gasteiger partial charge in [0.05, 0.1) is 23.0 Å². The second-order valence-corrected chi connectivity index (χ2v) is 7.88. The van der Waals surface area contributed by atoms with Crippen molar-refractivity contribution in [3.63, 3.8) is 0 Å². The molecular formula is C20H16N4O3S2. The largest absolute Gasteiger partial charge is 0.497 e. The highest BCUT2D eigenvalue weighted by molar-refractivity contribution is 8.26. The maximum atomic E-state index is 12.8. The molecule has 1 aliphatic rings. The van der Waals surface area contributed by atoms with E-state index in [9.17, 15) is 9.59 Å². The van der Waals surface area contributed by atoms with Crippen LogP contribution in [0.5, 0.6) is 5.75 Å². The van der Waals surface area contributed by atoms with Gasteiger partial charge < -0.3 is 9.30 Å². The molecule has 1 fully saturated rings. The lowest BCUT2D eigenvalue weighted by Gasteiger charge is -2.15. The first-order valence-corrected chi connectivity index (χ1v) is 9.85. The van der Waals surface area contributed by atoms with E-state index >= 15 is 0 Å². The minimum atomic E-state index is -0.437. The summed E-state index contributed by atoms with van der Waals surface area (Å²) in [5.74, 6) is 0.438. The fourth-order valence-electron chi connectivity index (χ4n) is 2.88. The molecule has 1 N–H and O–H groups in total. The number of amides is 2. The number of para-hydroxylation sites is 2. The Morgan fingerprint density at radius 2 is 1.93 bits per heavy atom. The van der Waals surface area contributed by atoms with E-state index in [2.05, 4.69) is 10.4 Å². The number of thiocarbonyl (C=S) groups is 1. The lowest BCUT2D eigenvalue weighted by Crippen LogP contribution is -2.44. The van der Waals surface area contributed by atoms with Crippen molar-refractivity contribution < 1.29 is 14.3 Å². The fourth-order valence-corrected chi connectivity index (χ4v) is 4.03. The summed E-state index contributed by atoms with van der Waals surface area (Å²) in [5, 5.41) is 1.08. The van der Waals surface area contributed by atoms with Gasteiger partial charge in [0.1, 0.15) is 11.6 Å². The number of fused-ring (bicyclic) bond motifs is 1. The predicted octanol–water partition coefficient (Wildman–Crippen LogP) is 3.13. The van der Waals surface area contributed by atoms with Gasteiger partial charge in [0.15, 0.2) is 4.32 Å². The first-order chi connectivity index (χ1) is 14.0. The molecule has 2 heterocycles. The lowest BCUT2D eigenvalue weighted by molar-refractivity contribution is -0.123. The molecule has 1 aromatic heterocycles. The SMILES string of the molecule is COc1ccc(C(=O)NN2C(=O)C(=Cc3nc4ccccc4n3C)SC2=S)cc1. The summed E-state index contributed by atoms with van der Waals surface area (Å²) in [6.07, 6.45) is 1.68. The second-order valence-electron chi connectivity index (χ2n) is 6.20. The van der Waals surface area contributed by atoms with Crippen LogP contribution in [0.3, 0.4) is 0 Å². The third-order valence-electron chi connectivity index (χ3n) is 4.44. The fraction of sp³-hybridized carbons (Fsp3) is 0.100. The van der Waals surface area contributed by atoms with Crippen LogP contribution in [0.4, 0.5) is 0 Å². The van der Waals surface area contributed by atoms with Crippen LogP contribution in [0.2, 0.25) is 0 Å². The number of carbonyl (C=O) groups excluding carboxylic acids is 2. The van der Waals surface area contributed by atoms with Gasteiger partial charge in [-0.2, -0.15) is 5.01 Å². The van der Waals surface area contributed by atoms with E-state index in [-0.39, 0.29) is 4.32 Å². The zero-order valence-corrected chi connectivity index (χ0v) is 17.2. The standard InChI is InChI=1S/C20H16N4O3S2/c1-23-15-6-4-3-5-14(15)21-17(23)11-16-19(26)24(20(28)29-16)22-18(25)12-7-9-13(27-2)10-8-12/h3-11H,1-2H3,(H,22,25). The average Bonchev–Trinajstić information content (AvgIpc) is 3.19. The second kappa shape index (κ2) is 7.69. The Kier molecular flexibility index (Phi) is 5.08. The number of carbonyl (C=O) groups is 2. The molecule has 4 rings (SSSR count). The monoisotopic (exact) mass is 424 g/mol. The van der Waals surface area contributed by atoms with Gasteiger partial charge >= 0.3 is 0 Å². The Morgan fingerprint density at radius 1 is 1.21 bits per heavy atom. The summed E-state index contributed by atoms with van der Waals surface area (Å²) < 4.78 is 7.24. The predicted molar refractivity (Wildman–Crippen MR) is 116 cm³/mol. The summed E-state index contributed by atoms with van der Waals surface area (Å²) in [5.41, 5.74) is 4.75. The molecule has 1 aliphatic heterocycles. The van der Waals surface area contributed by atoms with Crippen LogP contribution in [0.25, 0.3) is 17.1 Å². The van der Waals surface area contributed by atoms with Crippen LogP contribution in [-0.2, 0) is 11.8 Å². The first-order valence-electron chi connectivity index (χ1n) is 8.62. The van der Waals surface area contributed by atoms with Crippen LogP contribution >= 0.6 is 24.0 Å². The van der Waals surface area contributed by atoms with Gasteiger partial charge in [-0.05, 0) is 48.6 Å². The lowest BCUT2D eigenvalue weighted by atomic mass is 10.2. The molecule has 2 amide bonds. The summed E-state index contributed by atoms with van der Waals surface area (Å²) >= 11 is 6.40. The molecular weight excluding hydrogens is 408 g/mol. The van der Waals surface area contributed by atoms with Gasteiger partial charge in [-0.15, -0.1) is 0 Å². The number of aryl methyl sites for hydroxylation is 1. The van der Waals surface area contributed by atoms with Gasteiger partial charge in [0.25, 0.3) is 11.8 Å². The van der Waals surface area contributed by atoms with Crippen molar-refractivity contribution in [1.29, 1.82) is 0 Å². The molecule has 0 saturated carbocycles. The number of thioether (sulfide) groups is 1. The van der Waals surface area contributed by atoms with Crippen LogP contribution in [-0.4, -0.2) is 37.8 Å². The zero-order valence-electron chi connectivity index (χ0n) is 15.6. The van der Waals surface area contributed by atoms with Gasteiger partial charge in [-0.25, -0.2) is 4.98 Å². The van der Waals surface area contributed by atoms with Crippen LogP contribution in [0.15, 0.2) is 53.4 Å². The zero-order chi connectivity index (χ0) is 20.5. The molecule has 3 aromatic rings. The highest BCUT2D eigenvalue weighted by atomic mass is 32.2. The minimum Gasteiger partial charge on any atom is -0.497 e. The third kappa shape index (κ3) is 3.62. The number of hydrogen-bond donors (Lipinski definition) is 1. The highest BCUT2D eigenvalue weighted by Gasteiger charge is 2.34. The smallest absolute Gasteiger partial charge is 0.285 e. The molecule has 0 bridgehead atoms. The number of nitrogens with zero attached hydrogens (tertiary/aromatic N) is 3. The summed E-state index contributed by atoms with van der Waals surface area (Å²) in [4.78, 5) is 30.2. The van der Waals surface area contributed by atoms with Crippen molar-refractivity contribution in [2.45, 2.75) is 0 Å². The first kappa shape index (κ1) is 19.2. The van der Waals surface area contributed by atoms with E-state index in [1.807, 2.05) is 35.9 Å². The maximum Gasteiger partial charge on any atom is 0.285 e. The normalized spacial score (nSPS) is 15.4. The number of ether oxygens (including phenoxy) is 1. The quantitative estimate of drug-likeness (QED) is 0.512. The molecule has 0 aliphatic carbocycles. The number of methoxy groups -OCH3 is 1. The number of aromatic nitrogens is 2. The number of rotatable bonds is 4. The summed E-state index contributed by atoms with van der Waals surface area (Å²) in [6, 6.07) is 14.3. The number of hydrogen-bond acceptors (Lipinski definition) is 6. The minimum absolute atomic E-state index is 0.252. The number of imidazole rings is 1. The van der Waals surface area contributed by atoms with E-state index in [0.29, 0.717) is 22.0 Å².